The van der Waals surface area contributed by atoms with Gasteiger partial charge in [0.25, 0.3) is 0 Å². The number of carbonyl (C=O) groups excluding carboxylic acids is 1. The zero-order chi connectivity index (χ0) is 16.1. The van der Waals surface area contributed by atoms with E-state index in [0.717, 1.165) is 18.6 Å². The summed E-state index contributed by atoms with van der Waals surface area (Å²) in [5.74, 6) is 0.834. The maximum atomic E-state index is 11.0. The van der Waals surface area contributed by atoms with Gasteiger partial charge in [0.1, 0.15) is 0 Å². The van der Waals surface area contributed by atoms with Gasteiger partial charge in [-0.15, -0.1) is 23.5 Å². The van der Waals surface area contributed by atoms with Gasteiger partial charge in [-0.05, 0) is 29.2 Å². The SMILES string of the molecule is C=CC(=O)OCCCC1CSC(c2cccc3ccccc23)S1. The van der Waals surface area contributed by atoms with Gasteiger partial charge in [0.05, 0.1) is 11.2 Å². The lowest BCUT2D eigenvalue weighted by atomic mass is 10.1. The molecule has 0 aliphatic carbocycles. The molecule has 23 heavy (non-hydrogen) atoms. The van der Waals surface area contributed by atoms with Crippen LogP contribution in [-0.4, -0.2) is 23.6 Å². The van der Waals surface area contributed by atoms with Gasteiger partial charge in [-0.2, -0.15) is 0 Å². The normalized spacial score (nSPS) is 20.5. The molecule has 2 aromatic carbocycles. The van der Waals surface area contributed by atoms with E-state index in [1.165, 1.54) is 22.4 Å². The monoisotopic (exact) mass is 344 g/mol. The van der Waals surface area contributed by atoms with Crippen LogP contribution >= 0.6 is 23.5 Å². The van der Waals surface area contributed by atoms with Crippen molar-refractivity contribution in [1.29, 1.82) is 0 Å². The Labute approximate surface area is 145 Å². The van der Waals surface area contributed by atoms with Crippen LogP contribution in [0.5, 0.6) is 0 Å². The third kappa shape index (κ3) is 4.12. The standard InChI is InChI=1S/C19H20O2S2/c1-2-18(20)21-12-6-9-15-13-22-19(23-15)17-11-5-8-14-7-3-4-10-16(14)17/h2-5,7-8,10-11,15,19H,1,6,9,12-13H2. The number of fused-ring (bicyclic) bond motifs is 1. The lowest BCUT2D eigenvalue weighted by Gasteiger charge is -2.13. The fraction of sp³-hybridized carbons (Fsp3) is 0.316. The van der Waals surface area contributed by atoms with Gasteiger partial charge >= 0.3 is 5.97 Å². The Bertz CT molecular complexity index is 693. The highest BCUT2D eigenvalue weighted by atomic mass is 32.2. The van der Waals surface area contributed by atoms with Gasteiger partial charge in [-0.1, -0.05) is 49.0 Å². The fourth-order valence-electron chi connectivity index (χ4n) is 2.76. The van der Waals surface area contributed by atoms with Crippen molar-refractivity contribution in [3.05, 3.63) is 60.7 Å². The summed E-state index contributed by atoms with van der Waals surface area (Å²) in [7, 11) is 0. The van der Waals surface area contributed by atoms with Crippen LogP contribution in [0.4, 0.5) is 0 Å². The van der Waals surface area contributed by atoms with Crippen LogP contribution in [0.15, 0.2) is 55.1 Å². The van der Waals surface area contributed by atoms with Gasteiger partial charge in [0, 0.05) is 17.1 Å². The van der Waals surface area contributed by atoms with Crippen LogP contribution in [0.1, 0.15) is 23.0 Å². The predicted molar refractivity (Wildman–Crippen MR) is 101 cm³/mol. The lowest BCUT2D eigenvalue weighted by Crippen LogP contribution is -2.06. The van der Waals surface area contributed by atoms with Crippen molar-refractivity contribution in [2.75, 3.05) is 12.4 Å². The van der Waals surface area contributed by atoms with Crippen molar-refractivity contribution < 1.29 is 9.53 Å². The molecular weight excluding hydrogens is 324 g/mol. The molecule has 1 saturated heterocycles. The molecule has 2 aromatic rings. The van der Waals surface area contributed by atoms with E-state index in [4.69, 9.17) is 4.74 Å². The Kier molecular flexibility index (Phi) is 5.68. The summed E-state index contributed by atoms with van der Waals surface area (Å²) in [5.41, 5.74) is 1.43. The van der Waals surface area contributed by atoms with E-state index in [1.54, 1.807) is 0 Å². The molecule has 0 aromatic heterocycles. The van der Waals surface area contributed by atoms with Gasteiger partial charge < -0.3 is 4.74 Å². The van der Waals surface area contributed by atoms with Crippen LogP contribution in [0.2, 0.25) is 0 Å². The van der Waals surface area contributed by atoms with Crippen LogP contribution in [-0.2, 0) is 9.53 Å². The fourth-order valence-corrected chi connectivity index (χ4v) is 6.28. The van der Waals surface area contributed by atoms with Crippen molar-refractivity contribution in [2.45, 2.75) is 22.7 Å². The second kappa shape index (κ2) is 7.93. The maximum Gasteiger partial charge on any atom is 0.330 e. The van der Waals surface area contributed by atoms with Gasteiger partial charge in [0.15, 0.2) is 0 Å². The van der Waals surface area contributed by atoms with Crippen molar-refractivity contribution in [3.63, 3.8) is 0 Å². The summed E-state index contributed by atoms with van der Waals surface area (Å²) in [6.45, 7) is 3.89. The molecule has 1 heterocycles. The third-order valence-corrected chi connectivity index (χ3v) is 7.30. The van der Waals surface area contributed by atoms with E-state index in [9.17, 15) is 4.79 Å². The summed E-state index contributed by atoms with van der Waals surface area (Å²) < 4.78 is 5.55. The summed E-state index contributed by atoms with van der Waals surface area (Å²) in [5, 5.41) is 3.30. The minimum absolute atomic E-state index is 0.327. The highest BCUT2D eigenvalue weighted by Gasteiger charge is 2.27. The molecule has 0 spiro atoms. The Morgan fingerprint density at radius 2 is 2.09 bits per heavy atom. The molecule has 4 heteroatoms. The Balaban J connectivity index is 1.57. The van der Waals surface area contributed by atoms with Crippen LogP contribution in [0.3, 0.4) is 0 Å². The molecule has 0 N–H and O–H groups in total. The average molecular weight is 345 g/mol. The van der Waals surface area contributed by atoms with Crippen LogP contribution in [0, 0.1) is 0 Å². The first-order valence-corrected chi connectivity index (χ1v) is 9.81. The molecule has 0 saturated carbocycles. The molecule has 1 fully saturated rings. The molecule has 120 valence electrons. The first-order valence-electron chi connectivity index (χ1n) is 7.82. The predicted octanol–water partition coefficient (Wildman–Crippen LogP) is 5.20. The number of esters is 1. The van der Waals surface area contributed by atoms with Crippen molar-refractivity contribution >= 4 is 40.3 Å². The Hall–Kier alpha value is -1.39. The summed E-state index contributed by atoms with van der Waals surface area (Å²) in [4.78, 5) is 11.0. The van der Waals surface area contributed by atoms with Crippen molar-refractivity contribution in [1.82, 2.24) is 0 Å². The zero-order valence-corrected chi connectivity index (χ0v) is 14.6. The highest BCUT2D eigenvalue weighted by molar-refractivity contribution is 8.19. The number of hydrogen-bond donors (Lipinski definition) is 0. The summed E-state index contributed by atoms with van der Waals surface area (Å²) in [6, 6.07) is 15.2. The van der Waals surface area contributed by atoms with E-state index < -0.39 is 0 Å². The summed E-state index contributed by atoms with van der Waals surface area (Å²) in [6.07, 6.45) is 3.22. The quantitative estimate of drug-likeness (QED) is 0.409. The molecule has 0 amide bonds. The minimum atomic E-state index is -0.327. The van der Waals surface area contributed by atoms with E-state index in [2.05, 4.69) is 49.0 Å². The van der Waals surface area contributed by atoms with E-state index in [0.29, 0.717) is 16.4 Å². The number of ether oxygens (including phenoxy) is 1. The number of rotatable bonds is 6. The lowest BCUT2D eigenvalue weighted by molar-refractivity contribution is -0.137. The number of hydrogen-bond acceptors (Lipinski definition) is 4. The molecule has 1 aliphatic rings. The number of benzene rings is 2. The molecule has 2 atom stereocenters. The van der Waals surface area contributed by atoms with Crippen molar-refractivity contribution in [3.8, 4) is 0 Å². The number of thioether (sulfide) groups is 2. The van der Waals surface area contributed by atoms with Crippen molar-refractivity contribution in [2.24, 2.45) is 0 Å². The molecule has 0 bridgehead atoms. The molecule has 3 rings (SSSR count). The largest absolute Gasteiger partial charge is 0.463 e. The highest BCUT2D eigenvalue weighted by Crippen LogP contribution is 2.51. The number of carbonyl (C=O) groups is 1. The topological polar surface area (TPSA) is 26.3 Å². The first-order chi connectivity index (χ1) is 11.3. The molecule has 1 aliphatic heterocycles. The second-order valence-electron chi connectivity index (χ2n) is 5.51. The summed E-state index contributed by atoms with van der Waals surface area (Å²) >= 11 is 4.07. The molecule has 2 nitrogen and oxygen atoms in total. The second-order valence-corrected chi connectivity index (χ2v) is 8.35. The molecular formula is C19H20O2S2. The van der Waals surface area contributed by atoms with Gasteiger partial charge in [-0.25, -0.2) is 4.79 Å². The Morgan fingerprint density at radius 1 is 1.26 bits per heavy atom. The average Bonchev–Trinajstić information content (AvgIpc) is 3.06. The molecule has 0 radical (unpaired) electrons. The Morgan fingerprint density at radius 3 is 2.96 bits per heavy atom. The maximum absolute atomic E-state index is 11.0. The van der Waals surface area contributed by atoms with Crippen LogP contribution < -0.4 is 0 Å². The zero-order valence-electron chi connectivity index (χ0n) is 12.9. The minimum Gasteiger partial charge on any atom is -0.463 e. The van der Waals surface area contributed by atoms with E-state index in [-0.39, 0.29) is 5.97 Å². The van der Waals surface area contributed by atoms with Gasteiger partial charge in [-0.3, -0.25) is 0 Å². The van der Waals surface area contributed by atoms with Gasteiger partial charge in [0.2, 0.25) is 0 Å². The van der Waals surface area contributed by atoms with E-state index in [1.807, 2.05) is 23.5 Å². The first kappa shape index (κ1) is 16.5. The third-order valence-electron chi connectivity index (χ3n) is 3.91. The smallest absolute Gasteiger partial charge is 0.330 e. The van der Waals surface area contributed by atoms with Crippen LogP contribution in [0.25, 0.3) is 10.8 Å². The molecule has 2 unspecified atom stereocenters. The van der Waals surface area contributed by atoms with E-state index >= 15 is 0 Å².